The Morgan fingerprint density at radius 1 is 0.690 bits per heavy atom. The summed E-state index contributed by atoms with van der Waals surface area (Å²) in [6.45, 7) is 0. The maximum Gasteiger partial charge on any atom is 1.00 e. The monoisotopic (exact) mass is 418 g/mol. The Kier molecular flexibility index (Phi) is 7.59. The largest absolute Gasteiger partial charge is 1.00 e. The number of nitrogens with two attached hydrogens (primary N) is 2. The molecule has 3 aromatic rings. The second-order valence-corrected chi connectivity index (χ2v) is 7.03. The minimum Gasteiger partial charge on any atom is -0.744 e. The average molecular weight is 418 g/mol. The van der Waals surface area contributed by atoms with Crippen molar-refractivity contribution in [3.05, 3.63) is 66.7 Å². The molecule has 3 rings (SSSR count). The van der Waals surface area contributed by atoms with Gasteiger partial charge in [-0.05, 0) is 48.5 Å². The summed E-state index contributed by atoms with van der Waals surface area (Å²) in [5.41, 5.74) is 14.2. The molecule has 29 heavy (non-hydrogen) atoms. The third-order valence-corrected chi connectivity index (χ3v) is 4.45. The fourth-order valence-electron chi connectivity index (χ4n) is 2.18. The van der Waals surface area contributed by atoms with E-state index in [2.05, 4.69) is 20.5 Å². The van der Waals surface area contributed by atoms with Crippen molar-refractivity contribution in [1.29, 1.82) is 0 Å². The number of benzene rings is 3. The number of hydrogen-bond donors (Lipinski definition) is 2. The van der Waals surface area contributed by atoms with Crippen molar-refractivity contribution in [3.8, 4) is 0 Å². The van der Waals surface area contributed by atoms with Crippen LogP contribution in [0, 0.1) is 0 Å². The van der Waals surface area contributed by atoms with Crippen LogP contribution in [0.1, 0.15) is 0 Å². The van der Waals surface area contributed by atoms with Crippen molar-refractivity contribution >= 4 is 44.2 Å². The van der Waals surface area contributed by atoms with Crippen LogP contribution in [0.4, 0.5) is 34.1 Å². The molecule has 0 aliphatic rings. The van der Waals surface area contributed by atoms with E-state index in [0.717, 1.165) is 12.1 Å². The van der Waals surface area contributed by atoms with E-state index in [1.165, 1.54) is 24.3 Å². The van der Waals surface area contributed by atoms with Gasteiger partial charge in [-0.2, -0.15) is 10.2 Å². The van der Waals surface area contributed by atoms with Gasteiger partial charge in [0.15, 0.2) is 0 Å². The van der Waals surface area contributed by atoms with Crippen LogP contribution in [0.25, 0.3) is 0 Å². The first-order valence-corrected chi connectivity index (χ1v) is 9.37. The standard InChI is InChI=1S/C18H16N6O3S.Na/c19-15-10-16(20)18(11-17(15)23-21-12-4-2-1-3-5-12)24-22-13-6-8-14(9-7-13)28(25,26)27;/h1-11H,19-20H2,(H,25,26,27);/q;+1/p-1. The summed E-state index contributed by atoms with van der Waals surface area (Å²) in [7, 11) is -4.51. The maximum absolute atomic E-state index is 10.9. The number of azo groups is 2. The van der Waals surface area contributed by atoms with Crippen molar-refractivity contribution in [2.45, 2.75) is 4.90 Å². The molecule has 0 saturated heterocycles. The fraction of sp³-hybridized carbons (Fsp3) is 0. The minimum atomic E-state index is -4.51. The smallest absolute Gasteiger partial charge is 0.744 e. The fourth-order valence-corrected chi connectivity index (χ4v) is 2.65. The summed E-state index contributed by atoms with van der Waals surface area (Å²) in [4.78, 5) is -0.345. The zero-order valence-corrected chi connectivity index (χ0v) is 18.2. The second-order valence-electron chi connectivity index (χ2n) is 5.65. The molecule has 0 aromatic heterocycles. The molecular weight excluding hydrogens is 403 g/mol. The Balaban J connectivity index is 0.00000300. The van der Waals surface area contributed by atoms with E-state index in [1.54, 1.807) is 12.1 Å². The van der Waals surface area contributed by atoms with E-state index in [9.17, 15) is 13.0 Å². The normalized spacial score (nSPS) is 11.6. The minimum absolute atomic E-state index is 0. The van der Waals surface area contributed by atoms with Gasteiger partial charge in [-0.25, -0.2) is 8.42 Å². The molecule has 0 unspecified atom stereocenters. The molecule has 0 saturated carbocycles. The third-order valence-electron chi connectivity index (χ3n) is 3.60. The zero-order chi connectivity index (χ0) is 20.1. The molecule has 0 radical (unpaired) electrons. The van der Waals surface area contributed by atoms with Gasteiger partial charge in [0.05, 0.1) is 27.6 Å². The Labute approximate surface area is 189 Å². The zero-order valence-electron chi connectivity index (χ0n) is 15.4. The first kappa shape index (κ1) is 22.7. The van der Waals surface area contributed by atoms with Gasteiger partial charge in [-0.15, -0.1) is 10.2 Å². The summed E-state index contributed by atoms with van der Waals surface area (Å²) >= 11 is 0. The van der Waals surface area contributed by atoms with Crippen LogP contribution in [0.3, 0.4) is 0 Å². The number of rotatable bonds is 5. The predicted octanol–water partition coefficient (Wildman–Crippen LogP) is 1.59. The number of nitrogens with zero attached hydrogens (tertiary/aromatic N) is 4. The Morgan fingerprint density at radius 2 is 1.17 bits per heavy atom. The average Bonchev–Trinajstić information content (AvgIpc) is 2.67. The predicted molar refractivity (Wildman–Crippen MR) is 104 cm³/mol. The van der Waals surface area contributed by atoms with Gasteiger partial charge in [0, 0.05) is 0 Å². The topological polar surface area (TPSA) is 159 Å². The summed E-state index contributed by atoms with van der Waals surface area (Å²) in [5.74, 6) is 0. The molecule has 0 spiro atoms. The number of nitrogen functional groups attached to an aromatic ring is 2. The molecular formula is C18H15N6NaO3S. The molecule has 11 heteroatoms. The number of hydrogen-bond acceptors (Lipinski definition) is 9. The van der Waals surface area contributed by atoms with E-state index in [-0.39, 0.29) is 34.5 Å². The molecule has 4 N–H and O–H groups in total. The van der Waals surface area contributed by atoms with Crippen molar-refractivity contribution < 1.29 is 42.5 Å². The van der Waals surface area contributed by atoms with Crippen molar-refractivity contribution in [2.75, 3.05) is 11.5 Å². The summed E-state index contributed by atoms with van der Waals surface area (Å²) < 4.78 is 32.8. The first-order chi connectivity index (χ1) is 13.3. The molecule has 0 amide bonds. The van der Waals surface area contributed by atoms with E-state index in [0.29, 0.717) is 34.1 Å². The molecule has 0 aliphatic heterocycles. The van der Waals surface area contributed by atoms with E-state index in [1.807, 2.05) is 18.2 Å². The van der Waals surface area contributed by atoms with Crippen LogP contribution < -0.4 is 41.0 Å². The SMILES string of the molecule is Nc1cc(N)c(N=Nc2ccc(S(=O)(=O)[O-])cc2)cc1N=Nc1ccccc1.[Na+]. The Hall–Kier alpha value is -2.63. The van der Waals surface area contributed by atoms with E-state index < -0.39 is 10.1 Å². The molecule has 0 aliphatic carbocycles. The molecule has 142 valence electrons. The van der Waals surface area contributed by atoms with Gasteiger partial charge in [0.1, 0.15) is 21.5 Å². The third kappa shape index (κ3) is 6.17. The van der Waals surface area contributed by atoms with Crippen LogP contribution >= 0.6 is 0 Å². The van der Waals surface area contributed by atoms with Crippen LogP contribution in [0.2, 0.25) is 0 Å². The molecule has 0 fully saturated rings. The van der Waals surface area contributed by atoms with Gasteiger partial charge in [-0.1, -0.05) is 18.2 Å². The van der Waals surface area contributed by atoms with Crippen LogP contribution in [-0.4, -0.2) is 13.0 Å². The summed E-state index contributed by atoms with van der Waals surface area (Å²) in [5, 5.41) is 16.2. The van der Waals surface area contributed by atoms with Crippen molar-refractivity contribution in [1.82, 2.24) is 0 Å². The molecule has 3 aromatic carbocycles. The first-order valence-electron chi connectivity index (χ1n) is 7.96. The van der Waals surface area contributed by atoms with Gasteiger partial charge in [0.2, 0.25) is 0 Å². The Morgan fingerprint density at radius 3 is 1.66 bits per heavy atom. The van der Waals surface area contributed by atoms with Gasteiger partial charge in [0.25, 0.3) is 0 Å². The van der Waals surface area contributed by atoms with Gasteiger partial charge < -0.3 is 16.0 Å². The van der Waals surface area contributed by atoms with Crippen LogP contribution in [0.5, 0.6) is 0 Å². The van der Waals surface area contributed by atoms with Crippen LogP contribution in [-0.2, 0) is 10.1 Å². The Bertz CT molecular complexity index is 1150. The molecule has 0 heterocycles. The van der Waals surface area contributed by atoms with Crippen molar-refractivity contribution in [2.24, 2.45) is 20.5 Å². The summed E-state index contributed by atoms with van der Waals surface area (Å²) in [6.07, 6.45) is 0. The molecule has 0 bridgehead atoms. The molecule has 9 nitrogen and oxygen atoms in total. The van der Waals surface area contributed by atoms with Crippen LogP contribution in [0.15, 0.2) is 92.1 Å². The maximum atomic E-state index is 10.9. The number of anilines is 2. The van der Waals surface area contributed by atoms with Gasteiger partial charge in [-0.3, -0.25) is 0 Å². The van der Waals surface area contributed by atoms with Gasteiger partial charge >= 0.3 is 29.6 Å². The molecule has 0 atom stereocenters. The quantitative estimate of drug-likeness (QED) is 0.278. The van der Waals surface area contributed by atoms with E-state index in [4.69, 9.17) is 11.5 Å². The second kappa shape index (κ2) is 9.72. The summed E-state index contributed by atoms with van der Waals surface area (Å²) in [6, 6.07) is 17.2. The van der Waals surface area contributed by atoms with Crippen molar-refractivity contribution in [3.63, 3.8) is 0 Å². The van der Waals surface area contributed by atoms with E-state index >= 15 is 0 Å².